The molecule has 1 atom stereocenters. The Morgan fingerprint density at radius 1 is 1.33 bits per heavy atom. The Morgan fingerprint density at radius 2 is 2.06 bits per heavy atom. The molecular weight excluding hydrogens is 224 g/mol. The molecule has 1 aliphatic heterocycles. The summed E-state index contributed by atoms with van der Waals surface area (Å²) in [5.41, 5.74) is 2.01. The molecule has 1 aromatic rings. The van der Waals surface area contributed by atoms with E-state index in [0.29, 0.717) is 0 Å². The summed E-state index contributed by atoms with van der Waals surface area (Å²) in [4.78, 5) is 2.25. The fourth-order valence-corrected chi connectivity index (χ4v) is 2.40. The van der Waals surface area contributed by atoms with Crippen LogP contribution < -0.4 is 10.2 Å². The van der Waals surface area contributed by atoms with E-state index in [9.17, 15) is 5.11 Å². The largest absolute Gasteiger partial charge is 0.388 e. The summed E-state index contributed by atoms with van der Waals surface area (Å²) in [6, 6.07) is 8.66. The SMILES string of the molecule is CCCNCc1ccc(N2CCC(C)(O)C2)cc1. The van der Waals surface area contributed by atoms with Crippen molar-refractivity contribution in [3.05, 3.63) is 29.8 Å². The summed E-state index contributed by atoms with van der Waals surface area (Å²) >= 11 is 0. The molecule has 0 aromatic heterocycles. The number of anilines is 1. The molecule has 2 rings (SSSR count). The Balaban J connectivity index is 1.92. The maximum atomic E-state index is 9.97. The van der Waals surface area contributed by atoms with Crippen LogP contribution in [-0.4, -0.2) is 30.3 Å². The van der Waals surface area contributed by atoms with Crippen molar-refractivity contribution >= 4 is 5.69 Å². The topological polar surface area (TPSA) is 35.5 Å². The fourth-order valence-electron chi connectivity index (χ4n) is 2.40. The van der Waals surface area contributed by atoms with E-state index in [1.807, 2.05) is 6.92 Å². The van der Waals surface area contributed by atoms with Gasteiger partial charge in [-0.05, 0) is 44.0 Å². The standard InChI is InChI=1S/C15H24N2O/c1-3-9-16-11-13-4-6-14(7-5-13)17-10-8-15(2,18)12-17/h4-7,16,18H,3,8-12H2,1-2H3. The third-order valence-corrected chi connectivity index (χ3v) is 3.51. The molecule has 0 amide bonds. The van der Waals surface area contributed by atoms with Crippen LogP contribution in [0, 0.1) is 0 Å². The first kappa shape index (κ1) is 13.4. The van der Waals surface area contributed by atoms with Crippen LogP contribution in [0.3, 0.4) is 0 Å². The zero-order valence-electron chi connectivity index (χ0n) is 11.4. The third kappa shape index (κ3) is 3.47. The molecular formula is C15H24N2O. The number of β-amino-alcohol motifs (C(OH)–C–C–N with tert-alkyl or cyclic N) is 1. The number of aliphatic hydroxyl groups is 1. The molecule has 1 aliphatic rings. The molecule has 0 radical (unpaired) electrons. The maximum absolute atomic E-state index is 9.97. The van der Waals surface area contributed by atoms with Crippen molar-refractivity contribution in [1.29, 1.82) is 0 Å². The van der Waals surface area contributed by atoms with Gasteiger partial charge in [-0.3, -0.25) is 0 Å². The second-order valence-corrected chi connectivity index (χ2v) is 5.51. The Hall–Kier alpha value is -1.06. The average molecular weight is 248 g/mol. The van der Waals surface area contributed by atoms with Crippen molar-refractivity contribution in [3.8, 4) is 0 Å². The highest BCUT2D eigenvalue weighted by Gasteiger charge is 2.31. The lowest BCUT2D eigenvalue weighted by atomic mass is 10.1. The van der Waals surface area contributed by atoms with Gasteiger partial charge in [-0.1, -0.05) is 19.1 Å². The molecule has 100 valence electrons. The number of benzene rings is 1. The van der Waals surface area contributed by atoms with Crippen LogP contribution in [0.15, 0.2) is 24.3 Å². The predicted octanol–water partition coefficient (Wildman–Crippen LogP) is 2.15. The highest BCUT2D eigenvalue weighted by Crippen LogP contribution is 2.26. The molecule has 0 spiro atoms. The van der Waals surface area contributed by atoms with Gasteiger partial charge >= 0.3 is 0 Å². The second-order valence-electron chi connectivity index (χ2n) is 5.51. The van der Waals surface area contributed by atoms with E-state index >= 15 is 0 Å². The fraction of sp³-hybridized carbons (Fsp3) is 0.600. The normalized spacial score (nSPS) is 23.6. The molecule has 0 saturated carbocycles. The molecule has 1 aromatic carbocycles. The molecule has 18 heavy (non-hydrogen) atoms. The second kappa shape index (κ2) is 5.72. The molecule has 1 heterocycles. The van der Waals surface area contributed by atoms with Crippen LogP contribution in [0.25, 0.3) is 0 Å². The van der Waals surface area contributed by atoms with Crippen molar-refractivity contribution in [2.75, 3.05) is 24.5 Å². The number of hydrogen-bond acceptors (Lipinski definition) is 3. The Morgan fingerprint density at radius 3 is 2.61 bits per heavy atom. The van der Waals surface area contributed by atoms with Gasteiger partial charge < -0.3 is 15.3 Å². The molecule has 1 saturated heterocycles. The van der Waals surface area contributed by atoms with E-state index in [-0.39, 0.29) is 0 Å². The van der Waals surface area contributed by atoms with Crippen LogP contribution in [-0.2, 0) is 6.54 Å². The predicted molar refractivity (Wildman–Crippen MR) is 75.9 cm³/mol. The summed E-state index contributed by atoms with van der Waals surface area (Å²) in [6.07, 6.45) is 2.02. The summed E-state index contributed by atoms with van der Waals surface area (Å²) in [5, 5.41) is 13.4. The first-order valence-corrected chi connectivity index (χ1v) is 6.88. The van der Waals surface area contributed by atoms with Gasteiger partial charge in [0, 0.05) is 25.3 Å². The number of rotatable bonds is 5. The summed E-state index contributed by atoms with van der Waals surface area (Å²) in [5.74, 6) is 0. The van der Waals surface area contributed by atoms with E-state index in [1.54, 1.807) is 0 Å². The molecule has 0 bridgehead atoms. The van der Waals surface area contributed by atoms with E-state index in [1.165, 1.54) is 17.7 Å². The summed E-state index contributed by atoms with van der Waals surface area (Å²) in [7, 11) is 0. The molecule has 1 unspecified atom stereocenters. The van der Waals surface area contributed by atoms with E-state index in [2.05, 4.69) is 41.4 Å². The lowest BCUT2D eigenvalue weighted by Gasteiger charge is -2.21. The highest BCUT2D eigenvalue weighted by atomic mass is 16.3. The van der Waals surface area contributed by atoms with E-state index in [0.717, 1.165) is 32.6 Å². The van der Waals surface area contributed by atoms with E-state index < -0.39 is 5.60 Å². The van der Waals surface area contributed by atoms with Gasteiger partial charge in [-0.25, -0.2) is 0 Å². The quantitative estimate of drug-likeness (QED) is 0.784. The van der Waals surface area contributed by atoms with Gasteiger partial charge in [0.1, 0.15) is 0 Å². The summed E-state index contributed by atoms with van der Waals surface area (Å²) in [6.45, 7) is 7.77. The van der Waals surface area contributed by atoms with E-state index in [4.69, 9.17) is 0 Å². The third-order valence-electron chi connectivity index (χ3n) is 3.51. The summed E-state index contributed by atoms with van der Waals surface area (Å²) < 4.78 is 0. The molecule has 0 aliphatic carbocycles. The molecule has 2 N–H and O–H groups in total. The van der Waals surface area contributed by atoms with Gasteiger partial charge in [0.25, 0.3) is 0 Å². The van der Waals surface area contributed by atoms with Crippen LogP contribution in [0.4, 0.5) is 5.69 Å². The van der Waals surface area contributed by atoms with Gasteiger partial charge in [0.2, 0.25) is 0 Å². The lowest BCUT2D eigenvalue weighted by Crippen LogP contribution is -2.29. The van der Waals surface area contributed by atoms with Crippen LogP contribution in [0.5, 0.6) is 0 Å². The monoisotopic (exact) mass is 248 g/mol. The van der Waals surface area contributed by atoms with Crippen molar-refractivity contribution in [1.82, 2.24) is 5.32 Å². The molecule has 3 nitrogen and oxygen atoms in total. The minimum absolute atomic E-state index is 0.526. The van der Waals surface area contributed by atoms with Crippen LogP contribution in [0.1, 0.15) is 32.3 Å². The van der Waals surface area contributed by atoms with Gasteiger partial charge in [0.05, 0.1) is 5.60 Å². The van der Waals surface area contributed by atoms with Gasteiger partial charge in [0.15, 0.2) is 0 Å². The number of hydrogen-bond donors (Lipinski definition) is 2. The van der Waals surface area contributed by atoms with Crippen LogP contribution >= 0.6 is 0 Å². The molecule has 3 heteroatoms. The first-order valence-electron chi connectivity index (χ1n) is 6.88. The van der Waals surface area contributed by atoms with Crippen molar-refractivity contribution in [2.24, 2.45) is 0 Å². The Bertz CT molecular complexity index is 373. The number of nitrogens with one attached hydrogen (secondary N) is 1. The Kier molecular flexibility index (Phi) is 4.25. The Labute approximate surface area is 110 Å². The smallest absolute Gasteiger partial charge is 0.0810 e. The highest BCUT2D eigenvalue weighted by molar-refractivity contribution is 5.49. The zero-order chi connectivity index (χ0) is 13.0. The first-order chi connectivity index (χ1) is 8.61. The average Bonchev–Trinajstić information content (AvgIpc) is 2.71. The lowest BCUT2D eigenvalue weighted by molar-refractivity contribution is 0.0839. The minimum atomic E-state index is -0.526. The van der Waals surface area contributed by atoms with Crippen molar-refractivity contribution < 1.29 is 5.11 Å². The van der Waals surface area contributed by atoms with Crippen molar-refractivity contribution in [3.63, 3.8) is 0 Å². The van der Waals surface area contributed by atoms with Gasteiger partial charge in [-0.2, -0.15) is 0 Å². The minimum Gasteiger partial charge on any atom is -0.388 e. The van der Waals surface area contributed by atoms with Crippen LogP contribution in [0.2, 0.25) is 0 Å². The molecule has 1 fully saturated rings. The zero-order valence-corrected chi connectivity index (χ0v) is 11.4. The number of nitrogens with zero attached hydrogens (tertiary/aromatic N) is 1. The maximum Gasteiger partial charge on any atom is 0.0810 e. The van der Waals surface area contributed by atoms with Gasteiger partial charge in [-0.15, -0.1) is 0 Å². The van der Waals surface area contributed by atoms with Crippen molar-refractivity contribution in [2.45, 2.75) is 38.8 Å².